The number of ether oxygens (including phenoxy) is 1. The van der Waals surface area contributed by atoms with Gasteiger partial charge in [0.15, 0.2) is 5.96 Å². The molecule has 0 amide bonds. The maximum absolute atomic E-state index is 5.40. The molecule has 0 aromatic rings. The van der Waals surface area contributed by atoms with E-state index in [1.165, 1.54) is 25.7 Å². The highest BCUT2D eigenvalue weighted by Crippen LogP contribution is 2.19. The lowest BCUT2D eigenvalue weighted by Gasteiger charge is -2.29. The Morgan fingerprint density at radius 2 is 2.13 bits per heavy atom. The van der Waals surface area contributed by atoms with Gasteiger partial charge < -0.3 is 15.4 Å². The molecule has 0 spiro atoms. The van der Waals surface area contributed by atoms with Crippen LogP contribution in [0, 0.1) is 5.92 Å². The molecule has 1 saturated heterocycles. The maximum atomic E-state index is 5.40. The predicted octanol–water partition coefficient (Wildman–Crippen LogP) is 2.01. The van der Waals surface area contributed by atoms with Crippen LogP contribution in [0.25, 0.3) is 0 Å². The Morgan fingerprint density at radius 3 is 2.83 bits per heavy atom. The highest BCUT2D eigenvalue weighted by Gasteiger charge is 2.14. The van der Waals surface area contributed by atoms with Crippen molar-refractivity contribution < 1.29 is 4.74 Å². The molecule has 0 bridgehead atoms. The zero-order valence-corrected chi connectivity index (χ0v) is 14.9. The summed E-state index contributed by atoms with van der Waals surface area (Å²) < 4.78 is 5.40. The van der Waals surface area contributed by atoms with Crippen molar-refractivity contribution >= 4 is 5.96 Å². The van der Waals surface area contributed by atoms with Crippen LogP contribution in [-0.2, 0) is 4.74 Å². The summed E-state index contributed by atoms with van der Waals surface area (Å²) in [6.07, 6.45) is 8.83. The summed E-state index contributed by atoms with van der Waals surface area (Å²) in [5.74, 6) is 1.53. The van der Waals surface area contributed by atoms with E-state index < -0.39 is 0 Å². The second kappa shape index (κ2) is 10.7. The van der Waals surface area contributed by atoms with E-state index in [4.69, 9.17) is 4.74 Å². The van der Waals surface area contributed by atoms with Gasteiger partial charge in [-0.15, -0.1) is 0 Å². The molecule has 0 aromatic heterocycles. The number of aliphatic imine (C=N–C) groups is 1. The lowest BCUT2D eigenvalue weighted by molar-refractivity contribution is 0.0320. The van der Waals surface area contributed by atoms with Crippen molar-refractivity contribution in [3.8, 4) is 0 Å². The molecule has 1 fully saturated rings. The van der Waals surface area contributed by atoms with Gasteiger partial charge in [0.25, 0.3) is 0 Å². The van der Waals surface area contributed by atoms with Crippen LogP contribution in [0.2, 0.25) is 0 Å². The number of guanidine groups is 1. The number of hydrogen-bond acceptors (Lipinski definition) is 3. The van der Waals surface area contributed by atoms with Crippen LogP contribution < -0.4 is 10.6 Å². The zero-order chi connectivity index (χ0) is 16.3. The fourth-order valence-electron chi connectivity index (χ4n) is 3.25. The molecule has 5 heteroatoms. The summed E-state index contributed by atoms with van der Waals surface area (Å²) >= 11 is 0. The third-order valence-electron chi connectivity index (χ3n) is 4.64. The quantitative estimate of drug-likeness (QED) is 0.428. The third-order valence-corrected chi connectivity index (χ3v) is 4.64. The zero-order valence-electron chi connectivity index (χ0n) is 14.9. The van der Waals surface area contributed by atoms with Crippen molar-refractivity contribution in [1.29, 1.82) is 0 Å². The molecule has 0 saturated carbocycles. The summed E-state index contributed by atoms with van der Waals surface area (Å²) in [5.41, 5.74) is 1.61. The molecule has 1 unspecified atom stereocenters. The average Bonchev–Trinajstić information content (AvgIpc) is 2.59. The molecular formula is C18H34N4O. The van der Waals surface area contributed by atoms with Crippen LogP contribution in [0.1, 0.15) is 39.0 Å². The van der Waals surface area contributed by atoms with Crippen LogP contribution in [-0.4, -0.2) is 63.8 Å². The van der Waals surface area contributed by atoms with E-state index in [1.54, 1.807) is 5.57 Å². The van der Waals surface area contributed by atoms with Gasteiger partial charge in [-0.1, -0.05) is 18.6 Å². The smallest absolute Gasteiger partial charge is 0.190 e. The Hall–Kier alpha value is -1.07. The van der Waals surface area contributed by atoms with E-state index >= 15 is 0 Å². The van der Waals surface area contributed by atoms with Crippen molar-refractivity contribution in [1.82, 2.24) is 15.5 Å². The number of morpholine rings is 1. The van der Waals surface area contributed by atoms with Crippen LogP contribution in [0.3, 0.4) is 0 Å². The fraction of sp³-hybridized carbons (Fsp3) is 0.833. The minimum atomic E-state index is 0.604. The number of nitrogens with zero attached hydrogens (tertiary/aromatic N) is 2. The molecule has 0 aromatic carbocycles. The second-order valence-corrected chi connectivity index (χ2v) is 6.76. The molecule has 1 aliphatic carbocycles. The monoisotopic (exact) mass is 322 g/mol. The molecule has 2 rings (SSSR count). The molecule has 2 N–H and O–H groups in total. The van der Waals surface area contributed by atoms with Gasteiger partial charge in [0.05, 0.1) is 13.2 Å². The predicted molar refractivity (Wildman–Crippen MR) is 97.0 cm³/mol. The Bertz CT molecular complexity index is 388. The molecule has 1 heterocycles. The first-order chi connectivity index (χ1) is 11.3. The molecule has 1 atom stereocenters. The Kier molecular flexibility index (Phi) is 8.47. The molecule has 2 aliphatic rings. The van der Waals surface area contributed by atoms with Gasteiger partial charge in [0.1, 0.15) is 0 Å². The van der Waals surface area contributed by atoms with E-state index in [-0.39, 0.29) is 0 Å². The summed E-state index contributed by atoms with van der Waals surface area (Å²) in [6, 6.07) is 0. The summed E-state index contributed by atoms with van der Waals surface area (Å²) in [5, 5.41) is 6.90. The van der Waals surface area contributed by atoms with Gasteiger partial charge in [-0.2, -0.15) is 0 Å². The summed E-state index contributed by atoms with van der Waals surface area (Å²) in [6.45, 7) is 9.23. The average molecular weight is 322 g/mol. The van der Waals surface area contributed by atoms with Crippen LogP contribution in [0.15, 0.2) is 16.6 Å². The van der Waals surface area contributed by atoms with Crippen molar-refractivity contribution in [2.45, 2.75) is 39.0 Å². The first kappa shape index (κ1) is 18.3. The topological polar surface area (TPSA) is 48.9 Å². The van der Waals surface area contributed by atoms with E-state index in [0.717, 1.165) is 58.3 Å². The highest BCUT2D eigenvalue weighted by molar-refractivity contribution is 5.79. The first-order valence-electron chi connectivity index (χ1n) is 9.20. The highest BCUT2D eigenvalue weighted by atomic mass is 16.5. The van der Waals surface area contributed by atoms with E-state index in [0.29, 0.717) is 5.92 Å². The minimum Gasteiger partial charge on any atom is -0.379 e. The molecule has 0 radical (unpaired) electrons. The third kappa shape index (κ3) is 7.36. The number of allylic oxidation sites excluding steroid dienone is 1. The number of hydrogen-bond donors (Lipinski definition) is 2. The maximum Gasteiger partial charge on any atom is 0.190 e. The van der Waals surface area contributed by atoms with Gasteiger partial charge in [-0.25, -0.2) is 0 Å². The largest absolute Gasteiger partial charge is 0.379 e. The Labute approximate surface area is 141 Å². The van der Waals surface area contributed by atoms with Crippen molar-refractivity contribution in [2.75, 3.05) is 53.0 Å². The van der Waals surface area contributed by atoms with Crippen molar-refractivity contribution in [3.63, 3.8) is 0 Å². The lowest BCUT2D eigenvalue weighted by Crippen LogP contribution is -2.44. The van der Waals surface area contributed by atoms with E-state index in [1.807, 2.05) is 7.05 Å². The van der Waals surface area contributed by atoms with Crippen molar-refractivity contribution in [3.05, 3.63) is 11.6 Å². The van der Waals surface area contributed by atoms with Crippen molar-refractivity contribution in [2.24, 2.45) is 10.9 Å². The minimum absolute atomic E-state index is 0.604. The molecule has 5 nitrogen and oxygen atoms in total. The summed E-state index contributed by atoms with van der Waals surface area (Å²) in [7, 11) is 1.85. The Balaban J connectivity index is 1.59. The molecule has 1 aliphatic heterocycles. The number of nitrogens with one attached hydrogen (secondary N) is 2. The van der Waals surface area contributed by atoms with Gasteiger partial charge >= 0.3 is 0 Å². The van der Waals surface area contributed by atoms with E-state index in [9.17, 15) is 0 Å². The van der Waals surface area contributed by atoms with Crippen LogP contribution in [0.4, 0.5) is 0 Å². The van der Waals surface area contributed by atoms with Gasteiger partial charge in [-0.05, 0) is 38.0 Å². The first-order valence-corrected chi connectivity index (χ1v) is 9.20. The summed E-state index contributed by atoms with van der Waals surface area (Å²) in [4.78, 5) is 6.82. The lowest BCUT2D eigenvalue weighted by atomic mass is 9.97. The standard InChI is InChI=1S/C18H34N4O/c1-16(15-22-10-12-23-13-11-22)14-21-18(19-2)20-9-8-17-6-4-3-5-7-17/h6,16H,3-5,7-15H2,1-2H3,(H2,19,20,21). The molecule has 132 valence electrons. The molecule has 23 heavy (non-hydrogen) atoms. The fourth-order valence-corrected chi connectivity index (χ4v) is 3.25. The molecular weight excluding hydrogens is 288 g/mol. The normalized spacial score (nSPS) is 21.7. The Morgan fingerprint density at radius 1 is 1.30 bits per heavy atom. The van der Waals surface area contributed by atoms with Gasteiger partial charge in [0, 0.05) is 39.8 Å². The van der Waals surface area contributed by atoms with Gasteiger partial charge in [-0.3, -0.25) is 9.89 Å². The van der Waals surface area contributed by atoms with Crippen LogP contribution in [0.5, 0.6) is 0 Å². The SMILES string of the molecule is CN=C(NCCC1=CCCCC1)NCC(C)CN1CCOCC1. The van der Waals surface area contributed by atoms with E-state index in [2.05, 4.69) is 33.5 Å². The second-order valence-electron chi connectivity index (χ2n) is 6.76. The van der Waals surface area contributed by atoms with Gasteiger partial charge in [0.2, 0.25) is 0 Å². The van der Waals surface area contributed by atoms with Crippen LogP contribution >= 0.6 is 0 Å². The number of rotatable bonds is 7.